The molecule has 0 radical (unpaired) electrons. The predicted octanol–water partition coefficient (Wildman–Crippen LogP) is 4.53. The number of benzene rings is 3. The summed E-state index contributed by atoms with van der Waals surface area (Å²) in [5.74, 6) is 0. The fourth-order valence-corrected chi connectivity index (χ4v) is 9.13. The highest BCUT2D eigenvalue weighted by atomic mass is 28.4. The lowest BCUT2D eigenvalue weighted by molar-refractivity contribution is -0.0810. The topological polar surface area (TPSA) is 18.5 Å². The number of ether oxygens (including phenoxy) is 1. The maximum atomic E-state index is 7.19. The summed E-state index contributed by atoms with van der Waals surface area (Å²) < 4.78 is 12.9. The zero-order chi connectivity index (χ0) is 20.4. The van der Waals surface area contributed by atoms with Crippen molar-refractivity contribution >= 4 is 18.7 Å². The minimum atomic E-state index is -2.53. The Kier molecular flexibility index (Phi) is 5.47. The van der Waals surface area contributed by atoms with Crippen LogP contribution in [-0.2, 0) is 14.6 Å². The second-order valence-corrected chi connectivity index (χ2v) is 13.4. The smallest absolute Gasteiger partial charge is 0.261 e. The molecule has 0 aromatic heterocycles. The Morgan fingerprint density at radius 2 is 1.21 bits per heavy atom. The molecular weight excluding hydrogens is 372 g/mol. The zero-order valence-electron chi connectivity index (χ0n) is 17.6. The van der Waals surface area contributed by atoms with E-state index in [9.17, 15) is 0 Å². The highest BCUT2D eigenvalue weighted by molar-refractivity contribution is 6.99. The van der Waals surface area contributed by atoms with Crippen LogP contribution in [0.1, 0.15) is 26.3 Å². The first-order chi connectivity index (χ1) is 14.0. The summed E-state index contributed by atoms with van der Waals surface area (Å²) >= 11 is 0. The fourth-order valence-electron chi connectivity index (χ4n) is 4.48. The third-order valence-corrected chi connectivity index (χ3v) is 11.1. The summed E-state index contributed by atoms with van der Waals surface area (Å²) in [6, 6.07) is 32.4. The van der Waals surface area contributed by atoms with Crippen molar-refractivity contribution in [2.24, 2.45) is 0 Å². The van der Waals surface area contributed by atoms with Crippen LogP contribution in [0.15, 0.2) is 91.0 Å². The maximum Gasteiger partial charge on any atom is 0.261 e. The van der Waals surface area contributed by atoms with Crippen LogP contribution >= 0.6 is 0 Å². The number of rotatable bonds is 6. The van der Waals surface area contributed by atoms with E-state index in [1.54, 1.807) is 0 Å². The van der Waals surface area contributed by atoms with Crippen LogP contribution in [-0.4, -0.2) is 28.1 Å². The monoisotopic (exact) mass is 402 g/mol. The van der Waals surface area contributed by atoms with Crippen molar-refractivity contribution in [2.45, 2.75) is 31.2 Å². The standard InChI is InChI=1S/C26H30O2Si/c1-25(2,3)29(23-15-9-5-10-16-23,24-17-11-6-12-18-24)28-21-26(19-27-20-26)22-13-7-4-8-14-22/h4-18H,19-21H2,1-3H3. The first-order valence-electron chi connectivity index (χ1n) is 10.4. The van der Waals surface area contributed by atoms with E-state index < -0.39 is 8.32 Å². The molecule has 1 heterocycles. The Morgan fingerprint density at radius 3 is 1.59 bits per heavy atom. The molecule has 0 unspecified atom stereocenters. The van der Waals surface area contributed by atoms with Crippen LogP contribution in [0.2, 0.25) is 5.04 Å². The molecule has 29 heavy (non-hydrogen) atoms. The molecule has 150 valence electrons. The average molecular weight is 403 g/mol. The van der Waals surface area contributed by atoms with Crippen molar-refractivity contribution in [3.8, 4) is 0 Å². The van der Waals surface area contributed by atoms with Crippen molar-refractivity contribution in [3.05, 3.63) is 96.6 Å². The minimum absolute atomic E-state index is 0.0157. The van der Waals surface area contributed by atoms with E-state index in [0.717, 1.165) is 13.2 Å². The normalized spacial score (nSPS) is 16.2. The molecule has 2 nitrogen and oxygen atoms in total. The molecular formula is C26H30O2Si. The Labute approximate surface area is 175 Å². The SMILES string of the molecule is CC(C)(C)[Si](OCC1(c2ccccc2)COC1)(c1ccccc1)c1ccccc1. The fraction of sp³-hybridized carbons (Fsp3) is 0.308. The zero-order valence-corrected chi connectivity index (χ0v) is 18.6. The second kappa shape index (κ2) is 7.90. The lowest BCUT2D eigenvalue weighted by Gasteiger charge is -2.48. The molecule has 1 fully saturated rings. The van der Waals surface area contributed by atoms with Gasteiger partial charge < -0.3 is 9.16 Å². The van der Waals surface area contributed by atoms with Gasteiger partial charge in [-0.1, -0.05) is 112 Å². The molecule has 3 aromatic rings. The molecule has 4 rings (SSSR count). The van der Waals surface area contributed by atoms with E-state index >= 15 is 0 Å². The molecule has 1 saturated heterocycles. The highest BCUT2D eigenvalue weighted by Crippen LogP contribution is 2.40. The van der Waals surface area contributed by atoms with Crippen molar-refractivity contribution in [2.75, 3.05) is 19.8 Å². The third-order valence-electron chi connectivity index (χ3n) is 6.12. The molecule has 0 amide bonds. The Balaban J connectivity index is 1.79. The van der Waals surface area contributed by atoms with Crippen LogP contribution in [0.25, 0.3) is 0 Å². The van der Waals surface area contributed by atoms with Gasteiger partial charge in [-0.15, -0.1) is 0 Å². The molecule has 0 atom stereocenters. The van der Waals surface area contributed by atoms with E-state index in [0.29, 0.717) is 6.61 Å². The average Bonchev–Trinajstić information content (AvgIpc) is 2.71. The molecule has 1 aliphatic rings. The van der Waals surface area contributed by atoms with Crippen LogP contribution in [0, 0.1) is 0 Å². The van der Waals surface area contributed by atoms with Gasteiger partial charge >= 0.3 is 0 Å². The van der Waals surface area contributed by atoms with Crippen molar-refractivity contribution in [1.29, 1.82) is 0 Å². The first-order valence-corrected chi connectivity index (χ1v) is 12.3. The summed E-state index contributed by atoms with van der Waals surface area (Å²) in [5.41, 5.74) is 1.25. The molecule has 0 N–H and O–H groups in total. The highest BCUT2D eigenvalue weighted by Gasteiger charge is 2.52. The van der Waals surface area contributed by atoms with Gasteiger partial charge in [-0.2, -0.15) is 0 Å². The van der Waals surface area contributed by atoms with Gasteiger partial charge in [0.05, 0.1) is 18.6 Å². The summed E-state index contributed by atoms with van der Waals surface area (Å²) in [7, 11) is -2.53. The van der Waals surface area contributed by atoms with Gasteiger partial charge in [-0.05, 0) is 21.0 Å². The molecule has 0 bridgehead atoms. The van der Waals surface area contributed by atoms with Crippen molar-refractivity contribution in [3.63, 3.8) is 0 Å². The largest absolute Gasteiger partial charge is 0.406 e. The van der Waals surface area contributed by atoms with Crippen LogP contribution < -0.4 is 10.4 Å². The molecule has 1 aliphatic heterocycles. The van der Waals surface area contributed by atoms with Gasteiger partial charge in [0.15, 0.2) is 0 Å². The van der Waals surface area contributed by atoms with Crippen LogP contribution in [0.3, 0.4) is 0 Å². The molecule has 3 aromatic carbocycles. The van der Waals surface area contributed by atoms with E-state index in [4.69, 9.17) is 9.16 Å². The molecule has 3 heteroatoms. The minimum Gasteiger partial charge on any atom is -0.406 e. The predicted molar refractivity (Wildman–Crippen MR) is 123 cm³/mol. The third kappa shape index (κ3) is 3.59. The lowest BCUT2D eigenvalue weighted by Crippen LogP contribution is -2.68. The van der Waals surface area contributed by atoms with Gasteiger partial charge in [-0.25, -0.2) is 0 Å². The van der Waals surface area contributed by atoms with Crippen molar-refractivity contribution < 1.29 is 9.16 Å². The summed E-state index contributed by atoms with van der Waals surface area (Å²) in [4.78, 5) is 0. The van der Waals surface area contributed by atoms with E-state index in [2.05, 4.69) is 112 Å². The maximum absolute atomic E-state index is 7.19. The van der Waals surface area contributed by atoms with E-state index in [1.807, 2.05) is 0 Å². The molecule has 0 spiro atoms. The van der Waals surface area contributed by atoms with Gasteiger partial charge in [0.25, 0.3) is 8.32 Å². The second-order valence-electron chi connectivity index (χ2n) is 9.09. The summed E-state index contributed by atoms with van der Waals surface area (Å²) in [5, 5.41) is 2.63. The molecule has 0 saturated carbocycles. The van der Waals surface area contributed by atoms with Crippen LogP contribution in [0.4, 0.5) is 0 Å². The van der Waals surface area contributed by atoms with E-state index in [-0.39, 0.29) is 10.5 Å². The molecule has 0 aliphatic carbocycles. The summed E-state index contributed by atoms with van der Waals surface area (Å²) in [6.07, 6.45) is 0. The van der Waals surface area contributed by atoms with Gasteiger partial charge in [0.1, 0.15) is 0 Å². The Hall–Kier alpha value is -2.20. The number of hydrogen-bond acceptors (Lipinski definition) is 2. The number of hydrogen-bond donors (Lipinski definition) is 0. The lowest BCUT2D eigenvalue weighted by atomic mass is 9.79. The summed E-state index contributed by atoms with van der Waals surface area (Å²) in [6.45, 7) is 9.08. The Morgan fingerprint density at radius 1 is 0.759 bits per heavy atom. The van der Waals surface area contributed by atoms with E-state index in [1.165, 1.54) is 15.9 Å². The van der Waals surface area contributed by atoms with Crippen LogP contribution in [0.5, 0.6) is 0 Å². The Bertz CT molecular complexity index is 874. The van der Waals surface area contributed by atoms with Gasteiger partial charge in [-0.3, -0.25) is 0 Å². The van der Waals surface area contributed by atoms with Gasteiger partial charge in [0, 0.05) is 6.61 Å². The first kappa shape index (κ1) is 20.1. The van der Waals surface area contributed by atoms with Gasteiger partial charge in [0.2, 0.25) is 0 Å². The quantitative estimate of drug-likeness (QED) is 0.564. The van der Waals surface area contributed by atoms with Crippen molar-refractivity contribution in [1.82, 2.24) is 0 Å².